The molecule has 0 bridgehead atoms. The van der Waals surface area contributed by atoms with Crippen molar-refractivity contribution in [2.75, 3.05) is 4.90 Å². The Labute approximate surface area is 127 Å². The van der Waals surface area contributed by atoms with Crippen LogP contribution in [-0.4, -0.2) is 5.91 Å². The van der Waals surface area contributed by atoms with E-state index in [1.807, 2.05) is 54.6 Å². The zero-order valence-corrected chi connectivity index (χ0v) is 12.0. The second kappa shape index (κ2) is 4.61. The maximum atomic E-state index is 12.8. The van der Waals surface area contributed by atoms with Gasteiger partial charge in [0.1, 0.15) is 0 Å². The number of amides is 1. The molecule has 1 aliphatic heterocycles. The summed E-state index contributed by atoms with van der Waals surface area (Å²) in [7, 11) is 0. The number of nitrogens with zero attached hydrogens (tertiary/aromatic N) is 1. The standard InChI is InChI=1S/C18H12ClNO/c19-14-7-9-15(10-8-14)20-11-13-5-1-3-12-4-2-6-16(17(12)13)18(20)21/h1-10H,11H2. The van der Waals surface area contributed by atoms with Gasteiger partial charge in [-0.3, -0.25) is 4.79 Å². The Morgan fingerprint density at radius 2 is 1.62 bits per heavy atom. The van der Waals surface area contributed by atoms with Crippen molar-refractivity contribution >= 4 is 34.0 Å². The third-order valence-electron chi connectivity index (χ3n) is 3.93. The first-order valence-corrected chi connectivity index (χ1v) is 7.20. The van der Waals surface area contributed by atoms with Crippen LogP contribution in [0.25, 0.3) is 10.8 Å². The Balaban J connectivity index is 1.89. The van der Waals surface area contributed by atoms with Crippen LogP contribution in [0.2, 0.25) is 5.02 Å². The van der Waals surface area contributed by atoms with Crippen molar-refractivity contribution in [3.8, 4) is 0 Å². The molecule has 1 aliphatic rings. The first-order valence-electron chi connectivity index (χ1n) is 6.82. The molecule has 0 spiro atoms. The maximum Gasteiger partial charge on any atom is 0.259 e. The third-order valence-corrected chi connectivity index (χ3v) is 4.19. The smallest absolute Gasteiger partial charge is 0.259 e. The molecule has 1 heterocycles. The summed E-state index contributed by atoms with van der Waals surface area (Å²) in [5.41, 5.74) is 2.82. The molecule has 0 radical (unpaired) electrons. The van der Waals surface area contributed by atoms with Gasteiger partial charge in [-0.1, -0.05) is 41.9 Å². The molecular weight excluding hydrogens is 282 g/mol. The fourth-order valence-electron chi connectivity index (χ4n) is 2.95. The summed E-state index contributed by atoms with van der Waals surface area (Å²) in [5, 5.41) is 2.87. The van der Waals surface area contributed by atoms with Crippen LogP contribution in [0.5, 0.6) is 0 Å². The van der Waals surface area contributed by atoms with Crippen LogP contribution in [-0.2, 0) is 6.54 Å². The predicted octanol–water partition coefficient (Wildman–Crippen LogP) is 4.65. The van der Waals surface area contributed by atoms with Crippen molar-refractivity contribution in [3.63, 3.8) is 0 Å². The Morgan fingerprint density at radius 3 is 2.38 bits per heavy atom. The van der Waals surface area contributed by atoms with Crippen LogP contribution in [0, 0.1) is 0 Å². The van der Waals surface area contributed by atoms with Crippen molar-refractivity contribution in [2.24, 2.45) is 0 Å². The normalized spacial score (nSPS) is 13.8. The van der Waals surface area contributed by atoms with Crippen LogP contribution in [0.4, 0.5) is 5.69 Å². The fraction of sp³-hybridized carbons (Fsp3) is 0.0556. The van der Waals surface area contributed by atoms with Crippen molar-refractivity contribution < 1.29 is 4.79 Å². The third kappa shape index (κ3) is 1.91. The molecule has 3 heteroatoms. The summed E-state index contributed by atoms with van der Waals surface area (Å²) >= 11 is 5.93. The maximum absolute atomic E-state index is 12.8. The molecule has 0 saturated carbocycles. The van der Waals surface area contributed by atoms with Gasteiger partial charge in [-0.25, -0.2) is 0 Å². The molecule has 0 N–H and O–H groups in total. The van der Waals surface area contributed by atoms with Gasteiger partial charge >= 0.3 is 0 Å². The number of rotatable bonds is 1. The van der Waals surface area contributed by atoms with Gasteiger partial charge in [0.05, 0.1) is 6.54 Å². The van der Waals surface area contributed by atoms with Crippen molar-refractivity contribution in [1.82, 2.24) is 0 Å². The second-order valence-corrected chi connectivity index (χ2v) is 5.62. The van der Waals surface area contributed by atoms with Gasteiger partial charge in [0.2, 0.25) is 0 Å². The van der Waals surface area contributed by atoms with Crippen LogP contribution in [0.1, 0.15) is 15.9 Å². The van der Waals surface area contributed by atoms with Crippen LogP contribution in [0.3, 0.4) is 0 Å². The minimum Gasteiger partial charge on any atom is -0.304 e. The highest BCUT2D eigenvalue weighted by atomic mass is 35.5. The molecule has 0 atom stereocenters. The highest BCUT2D eigenvalue weighted by Gasteiger charge is 2.26. The van der Waals surface area contributed by atoms with Crippen molar-refractivity contribution in [3.05, 3.63) is 76.8 Å². The Bertz CT molecular complexity index is 849. The minimum absolute atomic E-state index is 0.0432. The number of anilines is 1. The zero-order chi connectivity index (χ0) is 14.4. The summed E-state index contributed by atoms with van der Waals surface area (Å²) in [6.07, 6.45) is 0. The number of halogens is 1. The lowest BCUT2D eigenvalue weighted by atomic mass is 9.94. The van der Waals surface area contributed by atoms with E-state index in [0.29, 0.717) is 11.6 Å². The van der Waals surface area contributed by atoms with E-state index < -0.39 is 0 Å². The summed E-state index contributed by atoms with van der Waals surface area (Å²) in [5.74, 6) is 0.0432. The molecule has 102 valence electrons. The summed E-state index contributed by atoms with van der Waals surface area (Å²) in [4.78, 5) is 14.6. The molecule has 0 fully saturated rings. The van der Waals surface area contributed by atoms with E-state index >= 15 is 0 Å². The quantitative estimate of drug-likeness (QED) is 0.639. The average molecular weight is 294 g/mol. The van der Waals surface area contributed by atoms with Gasteiger partial charge in [-0.2, -0.15) is 0 Å². The molecule has 4 rings (SSSR count). The Morgan fingerprint density at radius 1 is 0.905 bits per heavy atom. The number of carbonyl (C=O) groups is 1. The topological polar surface area (TPSA) is 20.3 Å². The SMILES string of the molecule is O=C1c2cccc3cccc(c23)CN1c1ccc(Cl)cc1. The number of hydrogen-bond acceptors (Lipinski definition) is 1. The number of carbonyl (C=O) groups excluding carboxylic acids is 1. The highest BCUT2D eigenvalue weighted by Crippen LogP contribution is 2.32. The Kier molecular flexibility index (Phi) is 2.72. The number of hydrogen-bond donors (Lipinski definition) is 0. The van der Waals surface area contributed by atoms with E-state index in [2.05, 4.69) is 6.07 Å². The molecule has 0 aromatic heterocycles. The van der Waals surface area contributed by atoms with E-state index in [-0.39, 0.29) is 5.91 Å². The van der Waals surface area contributed by atoms with Crippen molar-refractivity contribution in [2.45, 2.75) is 6.54 Å². The van der Waals surface area contributed by atoms with E-state index in [4.69, 9.17) is 11.6 Å². The van der Waals surface area contributed by atoms with Gasteiger partial charge < -0.3 is 4.90 Å². The lowest BCUT2D eigenvalue weighted by Gasteiger charge is -2.29. The van der Waals surface area contributed by atoms with Gasteiger partial charge in [0.15, 0.2) is 0 Å². The largest absolute Gasteiger partial charge is 0.304 e. The van der Waals surface area contributed by atoms with E-state index in [0.717, 1.165) is 22.0 Å². The van der Waals surface area contributed by atoms with Crippen LogP contribution >= 0.6 is 11.6 Å². The van der Waals surface area contributed by atoms with Gasteiger partial charge in [0.25, 0.3) is 5.91 Å². The van der Waals surface area contributed by atoms with Gasteiger partial charge in [-0.05, 0) is 46.7 Å². The minimum atomic E-state index is 0.0432. The first-order chi connectivity index (χ1) is 10.2. The summed E-state index contributed by atoms with van der Waals surface area (Å²) in [6, 6.07) is 19.4. The van der Waals surface area contributed by atoms with E-state index in [9.17, 15) is 4.79 Å². The summed E-state index contributed by atoms with van der Waals surface area (Å²) in [6.45, 7) is 0.592. The lowest BCUT2D eigenvalue weighted by Crippen LogP contribution is -2.33. The number of benzene rings is 3. The van der Waals surface area contributed by atoms with Gasteiger partial charge in [-0.15, -0.1) is 0 Å². The molecule has 3 aromatic carbocycles. The van der Waals surface area contributed by atoms with Crippen LogP contribution in [0.15, 0.2) is 60.7 Å². The monoisotopic (exact) mass is 293 g/mol. The molecule has 0 unspecified atom stereocenters. The van der Waals surface area contributed by atoms with E-state index in [1.54, 1.807) is 4.90 Å². The van der Waals surface area contributed by atoms with E-state index in [1.165, 1.54) is 5.56 Å². The molecule has 3 aromatic rings. The molecular formula is C18H12ClNO. The lowest BCUT2D eigenvalue weighted by molar-refractivity contribution is 0.0984. The predicted molar refractivity (Wildman–Crippen MR) is 85.9 cm³/mol. The first kappa shape index (κ1) is 12.4. The molecule has 0 saturated heterocycles. The fourth-order valence-corrected chi connectivity index (χ4v) is 3.07. The summed E-state index contributed by atoms with van der Waals surface area (Å²) < 4.78 is 0. The molecule has 0 aliphatic carbocycles. The van der Waals surface area contributed by atoms with Gasteiger partial charge in [0, 0.05) is 16.3 Å². The average Bonchev–Trinajstić information content (AvgIpc) is 2.52. The molecule has 2 nitrogen and oxygen atoms in total. The molecule has 21 heavy (non-hydrogen) atoms. The van der Waals surface area contributed by atoms with Crippen LogP contribution < -0.4 is 4.90 Å². The Hall–Kier alpha value is -2.32. The molecule has 1 amide bonds. The second-order valence-electron chi connectivity index (χ2n) is 5.19. The van der Waals surface area contributed by atoms with Crippen molar-refractivity contribution in [1.29, 1.82) is 0 Å². The highest BCUT2D eigenvalue weighted by molar-refractivity contribution is 6.30. The zero-order valence-electron chi connectivity index (χ0n) is 11.2.